The Kier molecular flexibility index (Phi) is 14.5. The summed E-state index contributed by atoms with van der Waals surface area (Å²) in [7, 11) is 0. The second-order valence-corrected chi connectivity index (χ2v) is 18.7. The molecule has 232 valence electrons. The number of nitrogens with zero attached hydrogens (tertiary/aromatic N) is 2. The van der Waals surface area contributed by atoms with Gasteiger partial charge in [-0.15, -0.1) is 0 Å². The fourth-order valence-corrected chi connectivity index (χ4v) is 12.5. The Labute approximate surface area is 286 Å². The average Bonchev–Trinajstić information content (AvgIpc) is 3.72. The van der Waals surface area contributed by atoms with Gasteiger partial charge in [0, 0.05) is 0 Å². The van der Waals surface area contributed by atoms with E-state index in [2.05, 4.69) is 13.8 Å². The van der Waals surface area contributed by atoms with Gasteiger partial charge in [0.2, 0.25) is 0 Å². The molecule has 2 saturated heterocycles. The molecule has 0 bridgehead atoms. The first-order chi connectivity index (χ1) is 20.8. The summed E-state index contributed by atoms with van der Waals surface area (Å²) in [5, 5.41) is 0. The van der Waals surface area contributed by atoms with Crippen LogP contribution in [-0.2, 0) is 9.59 Å². The number of unbranched alkanes of at least 4 members (excludes halogenated alkanes) is 10. The van der Waals surface area contributed by atoms with Crippen LogP contribution in [0.25, 0.3) is 21.0 Å². The predicted octanol–water partition coefficient (Wildman–Crippen LogP) is 8.73. The number of amides is 2. The summed E-state index contributed by atoms with van der Waals surface area (Å²) in [4.78, 5) is 30.8. The quantitative estimate of drug-likeness (QED) is 0.0692. The van der Waals surface area contributed by atoms with Crippen LogP contribution in [0.15, 0.2) is 28.0 Å². The number of thioether (sulfide) groups is 2. The molecule has 0 radical (unpaired) electrons. The van der Waals surface area contributed by atoms with Gasteiger partial charge in [-0.2, -0.15) is 0 Å². The molecule has 0 N–H and O–H groups in total. The van der Waals surface area contributed by atoms with E-state index in [0.29, 0.717) is 31.5 Å². The summed E-state index contributed by atoms with van der Waals surface area (Å²) < 4.78 is 20.0. The SMILES string of the molecule is CCCCCCCCN1C(=O)/C(=C/c2ccc(-c3[se]c(/C=C4\SC(=S)N(CCCCCCCC)C4=O)cc3F)[se]2)SC1=S. The molecule has 0 atom stereocenters. The van der Waals surface area contributed by atoms with Crippen LogP contribution < -0.4 is 0 Å². The fourth-order valence-electron chi connectivity index (χ4n) is 4.92. The molecule has 2 aromatic heterocycles. The number of halogens is 1. The number of hydrogen-bond acceptors (Lipinski definition) is 6. The number of thiocarbonyl (C=S) groups is 2. The Morgan fingerprint density at radius 1 is 0.721 bits per heavy atom. The first-order valence-corrected chi connectivity index (χ1v) is 21.1. The van der Waals surface area contributed by atoms with Crippen molar-refractivity contribution in [2.24, 2.45) is 0 Å². The van der Waals surface area contributed by atoms with Crippen LogP contribution in [0.1, 0.15) is 99.8 Å². The molecular formula is C32H39FN2O2S4Se2. The molecule has 2 aliphatic heterocycles. The van der Waals surface area contributed by atoms with Crippen molar-refractivity contribution >= 4 is 110 Å². The van der Waals surface area contributed by atoms with Crippen LogP contribution in [0.2, 0.25) is 0 Å². The predicted molar refractivity (Wildman–Crippen MR) is 192 cm³/mol. The molecular weight excluding hydrogens is 750 g/mol. The van der Waals surface area contributed by atoms with Crippen molar-refractivity contribution in [3.05, 3.63) is 42.7 Å². The van der Waals surface area contributed by atoms with Gasteiger partial charge < -0.3 is 0 Å². The fraction of sp³-hybridized carbons (Fsp3) is 0.500. The molecule has 11 heteroatoms. The molecule has 2 aromatic rings. The van der Waals surface area contributed by atoms with Crippen molar-refractivity contribution in [3.63, 3.8) is 0 Å². The van der Waals surface area contributed by atoms with Crippen LogP contribution in [-0.4, -0.2) is 72.4 Å². The summed E-state index contributed by atoms with van der Waals surface area (Å²) in [6.07, 6.45) is 17.7. The molecule has 2 amide bonds. The molecule has 4 rings (SSSR count). The van der Waals surface area contributed by atoms with Crippen LogP contribution in [0, 0.1) is 5.82 Å². The third-order valence-corrected chi connectivity index (χ3v) is 15.2. The number of hydrogen-bond donors (Lipinski definition) is 0. The third-order valence-electron chi connectivity index (χ3n) is 7.32. The molecule has 0 aliphatic carbocycles. The van der Waals surface area contributed by atoms with Gasteiger partial charge in [-0.3, -0.25) is 0 Å². The molecule has 4 nitrogen and oxygen atoms in total. The standard InChI is InChI=1S/C32H39FN2O2S4Se2/c1-3-5-7-9-11-13-17-34-29(36)25(40-31(34)38)20-22-15-16-27(42-22)28-24(33)19-23(43-28)21-26-30(37)35(32(39)41-26)18-14-12-10-8-6-4-2/h15-16,19-21H,3-14,17-18H2,1-2H3/b25-20-,26-21-. The summed E-state index contributed by atoms with van der Waals surface area (Å²) in [6.45, 7) is 5.74. The van der Waals surface area contributed by atoms with Crippen molar-refractivity contribution in [2.45, 2.75) is 90.9 Å². The average molecular weight is 789 g/mol. The Morgan fingerprint density at radius 3 is 1.74 bits per heavy atom. The van der Waals surface area contributed by atoms with Gasteiger partial charge >= 0.3 is 275 Å². The van der Waals surface area contributed by atoms with Gasteiger partial charge in [-0.05, 0) is 0 Å². The molecule has 43 heavy (non-hydrogen) atoms. The van der Waals surface area contributed by atoms with Crippen molar-refractivity contribution in [3.8, 4) is 8.87 Å². The van der Waals surface area contributed by atoms with E-state index in [1.54, 1.807) is 15.9 Å². The number of carbonyl (C=O) groups excluding carboxylic acids is 2. The van der Waals surface area contributed by atoms with Gasteiger partial charge in [-0.1, -0.05) is 13.8 Å². The van der Waals surface area contributed by atoms with Gasteiger partial charge in [0.15, 0.2) is 0 Å². The topological polar surface area (TPSA) is 40.6 Å². The maximum absolute atomic E-state index is 15.1. The minimum absolute atomic E-state index is 0.0121. The monoisotopic (exact) mass is 790 g/mol. The number of rotatable bonds is 17. The first-order valence-electron chi connectivity index (χ1n) is 15.2. The van der Waals surface area contributed by atoms with Gasteiger partial charge in [0.25, 0.3) is 0 Å². The van der Waals surface area contributed by atoms with E-state index in [4.69, 9.17) is 24.4 Å². The molecule has 0 saturated carbocycles. The van der Waals surface area contributed by atoms with Gasteiger partial charge in [-0.25, -0.2) is 0 Å². The second kappa shape index (κ2) is 17.8. The second-order valence-electron chi connectivity index (χ2n) is 10.7. The van der Waals surface area contributed by atoms with E-state index in [1.807, 2.05) is 24.3 Å². The van der Waals surface area contributed by atoms with E-state index >= 15 is 4.39 Å². The van der Waals surface area contributed by atoms with Crippen molar-refractivity contribution in [2.75, 3.05) is 13.1 Å². The van der Waals surface area contributed by atoms with Crippen molar-refractivity contribution in [1.82, 2.24) is 9.80 Å². The van der Waals surface area contributed by atoms with Crippen LogP contribution >= 0.6 is 48.0 Å². The van der Waals surface area contributed by atoms with Gasteiger partial charge in [0.05, 0.1) is 0 Å². The Balaban J connectivity index is 1.35. The van der Waals surface area contributed by atoms with E-state index in [1.165, 1.54) is 74.9 Å². The molecule has 2 aliphatic rings. The zero-order valence-corrected chi connectivity index (χ0v) is 31.5. The zero-order chi connectivity index (χ0) is 30.8. The van der Waals surface area contributed by atoms with Crippen LogP contribution in [0.4, 0.5) is 4.39 Å². The summed E-state index contributed by atoms with van der Waals surface area (Å²) in [5.41, 5.74) is 0. The molecule has 0 spiro atoms. The van der Waals surface area contributed by atoms with E-state index in [9.17, 15) is 9.59 Å². The normalized spacial score (nSPS) is 17.6. The minimum atomic E-state index is -0.232. The van der Waals surface area contributed by atoms with Gasteiger partial charge in [0.1, 0.15) is 0 Å². The Bertz CT molecular complexity index is 1380. The van der Waals surface area contributed by atoms with E-state index < -0.39 is 0 Å². The van der Waals surface area contributed by atoms with Crippen LogP contribution in [0.5, 0.6) is 0 Å². The van der Waals surface area contributed by atoms with Crippen molar-refractivity contribution < 1.29 is 14.0 Å². The molecule has 0 aromatic carbocycles. The van der Waals surface area contributed by atoms with Crippen molar-refractivity contribution in [1.29, 1.82) is 0 Å². The zero-order valence-electron chi connectivity index (χ0n) is 24.8. The summed E-state index contributed by atoms with van der Waals surface area (Å²) in [5.74, 6) is -0.292. The molecule has 2 fully saturated rings. The van der Waals surface area contributed by atoms with E-state index in [-0.39, 0.29) is 46.6 Å². The first kappa shape index (κ1) is 35.1. The Morgan fingerprint density at radius 2 is 1.21 bits per heavy atom. The van der Waals surface area contributed by atoms with Crippen LogP contribution in [0.3, 0.4) is 0 Å². The molecule has 4 heterocycles. The number of carbonyl (C=O) groups is 2. The maximum atomic E-state index is 15.1. The molecule has 0 unspecified atom stereocenters. The third kappa shape index (κ3) is 9.86. The Hall–Kier alpha value is -0.771. The summed E-state index contributed by atoms with van der Waals surface area (Å²) in [6, 6.07) is 5.55. The van der Waals surface area contributed by atoms with E-state index in [0.717, 1.165) is 43.4 Å². The summed E-state index contributed by atoms with van der Waals surface area (Å²) >= 11 is 13.4.